The molecule has 0 aliphatic carbocycles. The second-order valence-electron chi connectivity index (χ2n) is 4.53. The number of likely N-dealkylation sites (N-methyl/N-ethyl adjacent to an activating group) is 1. The summed E-state index contributed by atoms with van der Waals surface area (Å²) in [5, 5.41) is 2.97. The Balaban J connectivity index is 3.45. The quantitative estimate of drug-likeness (QED) is 0.454. The molecule has 0 aliphatic rings. The number of rotatable bonds is 11. The standard InChI is InChI=1S/C15H30N2O/c1-4-7-8-9-10-11-12-15(18)16-13-14-17(5-2)6-3/h9-10H,4-8,11-14H2,1-3H3,(H,16,18)/b10-9+. The van der Waals surface area contributed by atoms with E-state index in [1.54, 1.807) is 0 Å². The molecule has 0 aromatic rings. The highest BCUT2D eigenvalue weighted by Crippen LogP contribution is 1.98. The Morgan fingerprint density at radius 1 is 1.11 bits per heavy atom. The lowest BCUT2D eigenvalue weighted by atomic mass is 10.2. The van der Waals surface area contributed by atoms with E-state index in [9.17, 15) is 4.79 Å². The zero-order valence-electron chi connectivity index (χ0n) is 12.4. The summed E-state index contributed by atoms with van der Waals surface area (Å²) in [6.45, 7) is 10.3. The molecule has 0 fully saturated rings. The molecule has 0 unspecified atom stereocenters. The monoisotopic (exact) mass is 254 g/mol. The molecular formula is C15H30N2O. The van der Waals surface area contributed by atoms with Crippen LogP contribution < -0.4 is 5.32 Å². The third kappa shape index (κ3) is 10.3. The highest BCUT2D eigenvalue weighted by Gasteiger charge is 2.01. The molecule has 0 atom stereocenters. The van der Waals surface area contributed by atoms with Crippen LogP contribution >= 0.6 is 0 Å². The number of amides is 1. The van der Waals surface area contributed by atoms with E-state index in [0.29, 0.717) is 6.42 Å². The Bertz CT molecular complexity index is 223. The van der Waals surface area contributed by atoms with Crippen molar-refractivity contribution < 1.29 is 4.79 Å². The van der Waals surface area contributed by atoms with E-state index in [2.05, 4.69) is 43.1 Å². The van der Waals surface area contributed by atoms with Crippen LogP contribution in [0.5, 0.6) is 0 Å². The van der Waals surface area contributed by atoms with Crippen molar-refractivity contribution in [3.8, 4) is 0 Å². The molecule has 0 radical (unpaired) electrons. The SMILES string of the molecule is CCCC/C=C/CCC(=O)NCCN(CC)CC. The molecule has 3 nitrogen and oxygen atoms in total. The van der Waals surface area contributed by atoms with E-state index in [1.807, 2.05) is 0 Å². The van der Waals surface area contributed by atoms with Crippen molar-refractivity contribution in [1.29, 1.82) is 0 Å². The van der Waals surface area contributed by atoms with Crippen LogP contribution in [-0.2, 0) is 4.79 Å². The second-order valence-corrected chi connectivity index (χ2v) is 4.53. The minimum absolute atomic E-state index is 0.169. The van der Waals surface area contributed by atoms with Crippen molar-refractivity contribution in [1.82, 2.24) is 10.2 Å². The van der Waals surface area contributed by atoms with Crippen LogP contribution in [0.25, 0.3) is 0 Å². The molecule has 0 bridgehead atoms. The average Bonchev–Trinajstić information content (AvgIpc) is 2.39. The lowest BCUT2D eigenvalue weighted by molar-refractivity contribution is -0.121. The summed E-state index contributed by atoms with van der Waals surface area (Å²) < 4.78 is 0. The maximum Gasteiger partial charge on any atom is 0.220 e. The summed E-state index contributed by atoms with van der Waals surface area (Å²) in [6, 6.07) is 0. The molecule has 1 N–H and O–H groups in total. The number of unbranched alkanes of at least 4 members (excludes halogenated alkanes) is 2. The summed E-state index contributed by atoms with van der Waals surface area (Å²) in [5.74, 6) is 0.169. The first-order chi connectivity index (χ1) is 8.74. The Morgan fingerprint density at radius 3 is 2.39 bits per heavy atom. The van der Waals surface area contributed by atoms with Crippen molar-refractivity contribution in [3.63, 3.8) is 0 Å². The van der Waals surface area contributed by atoms with Crippen molar-refractivity contribution in [2.24, 2.45) is 0 Å². The minimum atomic E-state index is 0.169. The van der Waals surface area contributed by atoms with Crippen molar-refractivity contribution in [3.05, 3.63) is 12.2 Å². The average molecular weight is 254 g/mol. The van der Waals surface area contributed by atoms with Gasteiger partial charge in [0.25, 0.3) is 0 Å². The third-order valence-corrected chi connectivity index (χ3v) is 3.07. The van der Waals surface area contributed by atoms with Crippen LogP contribution in [-0.4, -0.2) is 37.0 Å². The summed E-state index contributed by atoms with van der Waals surface area (Å²) >= 11 is 0. The number of nitrogens with zero attached hydrogens (tertiary/aromatic N) is 1. The molecule has 1 amide bonds. The molecule has 3 heteroatoms. The van der Waals surface area contributed by atoms with Gasteiger partial charge in [-0.25, -0.2) is 0 Å². The zero-order valence-corrected chi connectivity index (χ0v) is 12.4. The summed E-state index contributed by atoms with van der Waals surface area (Å²) in [7, 11) is 0. The van der Waals surface area contributed by atoms with Gasteiger partial charge in [-0.05, 0) is 25.9 Å². The van der Waals surface area contributed by atoms with E-state index in [0.717, 1.165) is 39.0 Å². The summed E-state index contributed by atoms with van der Waals surface area (Å²) in [4.78, 5) is 13.8. The minimum Gasteiger partial charge on any atom is -0.355 e. The maximum atomic E-state index is 11.5. The smallest absolute Gasteiger partial charge is 0.220 e. The molecule has 0 heterocycles. The lowest BCUT2D eigenvalue weighted by Gasteiger charge is -2.17. The van der Waals surface area contributed by atoms with Gasteiger partial charge in [0.1, 0.15) is 0 Å². The fourth-order valence-electron chi connectivity index (χ4n) is 1.75. The summed E-state index contributed by atoms with van der Waals surface area (Å²) in [5.41, 5.74) is 0. The molecule has 0 saturated heterocycles. The first-order valence-electron chi connectivity index (χ1n) is 7.38. The van der Waals surface area contributed by atoms with Crippen LogP contribution in [0.1, 0.15) is 52.9 Å². The summed E-state index contributed by atoms with van der Waals surface area (Å²) in [6.07, 6.45) is 9.40. The first kappa shape index (κ1) is 17.2. The van der Waals surface area contributed by atoms with Gasteiger partial charge in [-0.2, -0.15) is 0 Å². The number of hydrogen-bond acceptors (Lipinski definition) is 2. The van der Waals surface area contributed by atoms with Gasteiger partial charge >= 0.3 is 0 Å². The fourth-order valence-corrected chi connectivity index (χ4v) is 1.75. The van der Waals surface area contributed by atoms with E-state index in [4.69, 9.17) is 0 Å². The zero-order chi connectivity index (χ0) is 13.6. The van der Waals surface area contributed by atoms with Crippen LogP contribution in [0.4, 0.5) is 0 Å². The molecule has 0 saturated carbocycles. The van der Waals surface area contributed by atoms with Crippen molar-refractivity contribution in [2.75, 3.05) is 26.2 Å². The molecule has 0 aliphatic heterocycles. The van der Waals surface area contributed by atoms with Gasteiger partial charge < -0.3 is 10.2 Å². The van der Waals surface area contributed by atoms with Gasteiger partial charge in [0.05, 0.1) is 0 Å². The van der Waals surface area contributed by atoms with E-state index >= 15 is 0 Å². The Kier molecular flexibility index (Phi) is 12.0. The van der Waals surface area contributed by atoms with Crippen molar-refractivity contribution in [2.45, 2.75) is 52.9 Å². The third-order valence-electron chi connectivity index (χ3n) is 3.07. The van der Waals surface area contributed by atoms with Crippen LogP contribution in [0.3, 0.4) is 0 Å². The number of allylic oxidation sites excluding steroid dienone is 2. The fraction of sp³-hybridized carbons (Fsp3) is 0.800. The van der Waals surface area contributed by atoms with Gasteiger partial charge in [0.2, 0.25) is 5.91 Å². The molecule has 106 valence electrons. The normalized spacial score (nSPS) is 11.3. The predicted octanol–water partition coefficient (Wildman–Crippen LogP) is 2.97. The molecule has 0 aromatic heterocycles. The Labute approximate surface area is 113 Å². The molecule has 0 aromatic carbocycles. The Hall–Kier alpha value is -0.830. The second kappa shape index (κ2) is 12.6. The highest BCUT2D eigenvalue weighted by atomic mass is 16.1. The topological polar surface area (TPSA) is 32.3 Å². The number of carbonyl (C=O) groups excluding carboxylic acids is 1. The van der Waals surface area contributed by atoms with Crippen LogP contribution in [0, 0.1) is 0 Å². The molecule has 18 heavy (non-hydrogen) atoms. The molecule has 0 spiro atoms. The van der Waals surface area contributed by atoms with Gasteiger partial charge in [-0.15, -0.1) is 0 Å². The van der Waals surface area contributed by atoms with Crippen molar-refractivity contribution >= 4 is 5.91 Å². The maximum absolute atomic E-state index is 11.5. The van der Waals surface area contributed by atoms with Crippen LogP contribution in [0.2, 0.25) is 0 Å². The first-order valence-corrected chi connectivity index (χ1v) is 7.38. The largest absolute Gasteiger partial charge is 0.355 e. The van der Waals surface area contributed by atoms with Gasteiger partial charge in [-0.3, -0.25) is 4.79 Å². The van der Waals surface area contributed by atoms with Gasteiger partial charge in [0.15, 0.2) is 0 Å². The number of nitrogens with one attached hydrogen (secondary N) is 1. The number of hydrogen-bond donors (Lipinski definition) is 1. The Morgan fingerprint density at radius 2 is 1.78 bits per heavy atom. The molecule has 0 rings (SSSR count). The van der Waals surface area contributed by atoms with Crippen LogP contribution in [0.15, 0.2) is 12.2 Å². The van der Waals surface area contributed by atoms with E-state index < -0.39 is 0 Å². The van der Waals surface area contributed by atoms with E-state index in [-0.39, 0.29) is 5.91 Å². The molecular weight excluding hydrogens is 224 g/mol. The lowest BCUT2D eigenvalue weighted by Crippen LogP contribution is -2.34. The highest BCUT2D eigenvalue weighted by molar-refractivity contribution is 5.75. The van der Waals surface area contributed by atoms with Gasteiger partial charge in [0, 0.05) is 19.5 Å². The predicted molar refractivity (Wildman–Crippen MR) is 78.7 cm³/mol. The van der Waals surface area contributed by atoms with E-state index in [1.165, 1.54) is 12.8 Å². The van der Waals surface area contributed by atoms with Gasteiger partial charge in [-0.1, -0.05) is 45.8 Å². The number of carbonyl (C=O) groups is 1.